The zero-order chi connectivity index (χ0) is 23.5. The van der Waals surface area contributed by atoms with Gasteiger partial charge in [0.05, 0.1) is 0 Å². The zero-order valence-corrected chi connectivity index (χ0v) is 23.1. The van der Waals surface area contributed by atoms with E-state index in [9.17, 15) is 4.79 Å². The van der Waals surface area contributed by atoms with Crippen molar-refractivity contribution in [3.8, 4) is 0 Å². The van der Waals surface area contributed by atoms with Crippen molar-refractivity contribution in [1.29, 1.82) is 0 Å². The van der Waals surface area contributed by atoms with Gasteiger partial charge in [-0.1, -0.05) is 54.6 Å². The van der Waals surface area contributed by atoms with E-state index in [0.29, 0.717) is 12.0 Å². The van der Waals surface area contributed by atoms with Crippen LogP contribution in [-0.2, 0) is 12.8 Å². The van der Waals surface area contributed by atoms with Gasteiger partial charge in [0.25, 0.3) is 5.91 Å². The Hall–Kier alpha value is -2.11. The van der Waals surface area contributed by atoms with Crippen molar-refractivity contribution >= 4 is 41.5 Å². The standard InChI is InChI=1S/C30H37N3O.2ClH/c1-31(2)16-17-33(30(34)28-14-13-24-9-3-4-10-25(24)18-28)22-23-8-7-15-32(21-23)29-19-26-11-5-6-12-27(26)20-29;;/h3-6,9-14,18,23,29H,7-8,15-17,19-22H2,1-2H3;2*1H. The molecule has 1 saturated heterocycles. The maximum Gasteiger partial charge on any atom is 0.253 e. The first-order valence-corrected chi connectivity index (χ1v) is 12.8. The van der Waals surface area contributed by atoms with E-state index in [0.717, 1.165) is 37.1 Å². The monoisotopic (exact) mass is 527 g/mol. The molecule has 1 unspecified atom stereocenters. The number of benzene rings is 3. The second kappa shape index (κ2) is 12.9. The van der Waals surface area contributed by atoms with Gasteiger partial charge in [0.1, 0.15) is 0 Å². The molecule has 0 saturated carbocycles. The lowest BCUT2D eigenvalue weighted by molar-refractivity contribution is 0.0630. The summed E-state index contributed by atoms with van der Waals surface area (Å²) in [6.07, 6.45) is 4.77. The molecule has 0 N–H and O–H groups in total. The number of likely N-dealkylation sites (N-methyl/N-ethyl adjacent to an activating group) is 1. The predicted octanol–water partition coefficient (Wildman–Crippen LogP) is 5.57. The van der Waals surface area contributed by atoms with Crippen LogP contribution in [0.4, 0.5) is 0 Å². The van der Waals surface area contributed by atoms with E-state index < -0.39 is 0 Å². The molecule has 1 amide bonds. The van der Waals surface area contributed by atoms with Crippen LogP contribution in [0.2, 0.25) is 0 Å². The first kappa shape index (κ1) is 28.5. The molecule has 0 radical (unpaired) electrons. The number of piperidine rings is 1. The molecule has 1 heterocycles. The first-order valence-electron chi connectivity index (χ1n) is 12.8. The minimum absolute atomic E-state index is 0. The van der Waals surface area contributed by atoms with Crippen molar-refractivity contribution in [2.45, 2.75) is 31.7 Å². The second-order valence-electron chi connectivity index (χ2n) is 10.5. The van der Waals surface area contributed by atoms with Crippen LogP contribution >= 0.6 is 24.8 Å². The van der Waals surface area contributed by atoms with Crippen LogP contribution in [-0.4, -0.2) is 73.5 Å². The number of likely N-dealkylation sites (tertiary alicyclic amines) is 1. The molecule has 6 heteroatoms. The molecule has 194 valence electrons. The van der Waals surface area contributed by atoms with Crippen LogP contribution in [0.15, 0.2) is 66.7 Å². The van der Waals surface area contributed by atoms with Gasteiger partial charge in [0, 0.05) is 37.8 Å². The Morgan fingerprint density at radius 1 is 0.889 bits per heavy atom. The molecule has 5 rings (SSSR count). The summed E-state index contributed by atoms with van der Waals surface area (Å²) in [4.78, 5) is 20.6. The number of rotatable bonds is 7. The highest BCUT2D eigenvalue weighted by Gasteiger charge is 2.31. The third-order valence-electron chi connectivity index (χ3n) is 7.68. The SMILES string of the molecule is CN(C)CCN(CC1CCCN(C2Cc3ccccc3C2)C1)C(=O)c1ccc2ccccc2c1.Cl.Cl. The van der Waals surface area contributed by atoms with Crippen LogP contribution < -0.4 is 0 Å². The Balaban J connectivity index is 0.00000180. The van der Waals surface area contributed by atoms with Gasteiger partial charge < -0.3 is 9.80 Å². The van der Waals surface area contributed by atoms with E-state index in [1.807, 2.05) is 18.2 Å². The first-order chi connectivity index (χ1) is 16.6. The molecule has 3 aromatic carbocycles. The summed E-state index contributed by atoms with van der Waals surface area (Å²) in [6, 6.07) is 24.0. The number of hydrogen-bond donors (Lipinski definition) is 0. The maximum atomic E-state index is 13.7. The molecule has 0 aromatic heterocycles. The smallest absolute Gasteiger partial charge is 0.253 e. The molecule has 3 aromatic rings. The molecule has 1 atom stereocenters. The Morgan fingerprint density at radius 3 is 2.25 bits per heavy atom. The van der Waals surface area contributed by atoms with E-state index in [1.165, 1.54) is 48.7 Å². The molecule has 4 nitrogen and oxygen atoms in total. The molecule has 36 heavy (non-hydrogen) atoms. The van der Waals surface area contributed by atoms with Gasteiger partial charge in [-0.15, -0.1) is 24.8 Å². The van der Waals surface area contributed by atoms with E-state index in [4.69, 9.17) is 0 Å². The topological polar surface area (TPSA) is 26.8 Å². The van der Waals surface area contributed by atoms with E-state index in [2.05, 4.69) is 77.3 Å². The molecule has 1 fully saturated rings. The molecular weight excluding hydrogens is 489 g/mol. The van der Waals surface area contributed by atoms with Crippen molar-refractivity contribution in [2.75, 3.05) is 46.8 Å². The zero-order valence-electron chi connectivity index (χ0n) is 21.4. The van der Waals surface area contributed by atoms with Gasteiger partial charge in [-0.3, -0.25) is 9.69 Å². The maximum absolute atomic E-state index is 13.7. The summed E-state index contributed by atoms with van der Waals surface area (Å²) >= 11 is 0. The fraction of sp³-hybridized carbons (Fsp3) is 0.433. The van der Waals surface area contributed by atoms with E-state index in [-0.39, 0.29) is 30.7 Å². The normalized spacial score (nSPS) is 17.9. The minimum atomic E-state index is 0. The Morgan fingerprint density at radius 2 is 1.56 bits per heavy atom. The van der Waals surface area contributed by atoms with Gasteiger partial charge in [-0.2, -0.15) is 0 Å². The number of hydrogen-bond acceptors (Lipinski definition) is 3. The van der Waals surface area contributed by atoms with Crippen molar-refractivity contribution in [3.05, 3.63) is 83.4 Å². The molecular formula is C30H39Cl2N3O. The summed E-state index contributed by atoms with van der Waals surface area (Å²) in [6.45, 7) is 4.78. The highest BCUT2D eigenvalue weighted by Crippen LogP contribution is 2.29. The third-order valence-corrected chi connectivity index (χ3v) is 7.68. The summed E-state index contributed by atoms with van der Waals surface area (Å²) in [5.41, 5.74) is 3.85. The number of fused-ring (bicyclic) bond motifs is 2. The van der Waals surface area contributed by atoms with Crippen LogP contribution in [0.25, 0.3) is 10.8 Å². The van der Waals surface area contributed by atoms with Gasteiger partial charge in [0.15, 0.2) is 0 Å². The quantitative estimate of drug-likeness (QED) is 0.402. The van der Waals surface area contributed by atoms with Gasteiger partial charge in [-0.05, 0) is 86.3 Å². The lowest BCUT2D eigenvalue weighted by Gasteiger charge is -2.39. The van der Waals surface area contributed by atoms with Crippen LogP contribution in [0.5, 0.6) is 0 Å². The fourth-order valence-corrected chi connectivity index (χ4v) is 5.78. The highest BCUT2D eigenvalue weighted by atomic mass is 35.5. The van der Waals surface area contributed by atoms with E-state index >= 15 is 0 Å². The molecule has 1 aliphatic heterocycles. The molecule has 1 aliphatic carbocycles. The second-order valence-corrected chi connectivity index (χ2v) is 10.5. The minimum Gasteiger partial charge on any atom is -0.337 e. The molecule has 0 spiro atoms. The summed E-state index contributed by atoms with van der Waals surface area (Å²) in [5, 5.41) is 2.31. The van der Waals surface area contributed by atoms with Crippen LogP contribution in [0, 0.1) is 5.92 Å². The van der Waals surface area contributed by atoms with Crippen molar-refractivity contribution in [1.82, 2.24) is 14.7 Å². The number of carbonyl (C=O) groups is 1. The van der Waals surface area contributed by atoms with Gasteiger partial charge in [-0.25, -0.2) is 0 Å². The lowest BCUT2D eigenvalue weighted by Crippen LogP contribution is -2.48. The van der Waals surface area contributed by atoms with Crippen molar-refractivity contribution < 1.29 is 4.79 Å². The molecule has 2 aliphatic rings. The Bertz CT molecular complexity index is 1130. The average Bonchev–Trinajstić information content (AvgIpc) is 3.30. The largest absolute Gasteiger partial charge is 0.337 e. The third kappa shape index (κ3) is 6.60. The average molecular weight is 529 g/mol. The molecule has 0 bridgehead atoms. The summed E-state index contributed by atoms with van der Waals surface area (Å²) in [5.74, 6) is 0.696. The highest BCUT2D eigenvalue weighted by molar-refractivity contribution is 5.98. The van der Waals surface area contributed by atoms with Gasteiger partial charge in [0.2, 0.25) is 0 Å². The summed E-state index contributed by atoms with van der Waals surface area (Å²) in [7, 11) is 4.16. The number of amides is 1. The Labute approximate surface area is 228 Å². The summed E-state index contributed by atoms with van der Waals surface area (Å²) < 4.78 is 0. The van der Waals surface area contributed by atoms with Crippen LogP contribution in [0.1, 0.15) is 34.3 Å². The lowest BCUT2D eigenvalue weighted by atomic mass is 9.95. The van der Waals surface area contributed by atoms with Gasteiger partial charge >= 0.3 is 0 Å². The van der Waals surface area contributed by atoms with Crippen molar-refractivity contribution in [2.24, 2.45) is 5.92 Å². The van der Waals surface area contributed by atoms with Crippen LogP contribution in [0.3, 0.4) is 0 Å². The van der Waals surface area contributed by atoms with E-state index in [1.54, 1.807) is 0 Å². The number of halogens is 2. The fourth-order valence-electron chi connectivity index (χ4n) is 5.78. The number of carbonyl (C=O) groups excluding carboxylic acids is 1. The Kier molecular flexibility index (Phi) is 10.2. The van der Waals surface area contributed by atoms with Crippen molar-refractivity contribution in [3.63, 3.8) is 0 Å². The predicted molar refractivity (Wildman–Crippen MR) is 155 cm³/mol. The number of nitrogens with zero attached hydrogens (tertiary/aromatic N) is 3.